The minimum Gasteiger partial charge on any atom is -0.506 e. The van der Waals surface area contributed by atoms with E-state index in [0.717, 1.165) is 28.3 Å². The van der Waals surface area contributed by atoms with Crippen LogP contribution in [0.4, 0.5) is 5.69 Å². The molecule has 0 spiro atoms. The van der Waals surface area contributed by atoms with E-state index in [-0.39, 0.29) is 17.8 Å². The summed E-state index contributed by atoms with van der Waals surface area (Å²) in [5.74, 6) is 0.0973. The molecule has 2 N–H and O–H groups in total. The first kappa shape index (κ1) is 22.7. The van der Waals surface area contributed by atoms with Crippen LogP contribution in [-0.2, 0) is 0 Å². The third-order valence-electron chi connectivity index (χ3n) is 6.18. The van der Waals surface area contributed by atoms with E-state index < -0.39 is 0 Å². The van der Waals surface area contributed by atoms with Gasteiger partial charge in [0, 0.05) is 22.6 Å². The van der Waals surface area contributed by atoms with Gasteiger partial charge in [-0.3, -0.25) is 4.98 Å². The van der Waals surface area contributed by atoms with Gasteiger partial charge in [-0.15, -0.1) is 0 Å². The molecule has 34 heavy (non-hydrogen) atoms. The maximum absolute atomic E-state index is 10.8. The molecule has 172 valence electrons. The molecule has 1 fully saturated rings. The Hall–Kier alpha value is -3.06. The highest BCUT2D eigenvalue weighted by Gasteiger charge is 2.43. The van der Waals surface area contributed by atoms with Gasteiger partial charge < -0.3 is 19.9 Å². The maximum Gasteiger partial charge on any atom is 0.174 e. The molecule has 0 saturated carbocycles. The predicted molar refractivity (Wildman–Crippen MR) is 141 cm³/mol. The van der Waals surface area contributed by atoms with Crippen LogP contribution in [0.15, 0.2) is 72.9 Å². The molecule has 1 aliphatic rings. The fraction of sp³-hybridized carbons (Fsp3) is 0.154. The van der Waals surface area contributed by atoms with Gasteiger partial charge in [-0.05, 0) is 80.2 Å². The van der Waals surface area contributed by atoms with Crippen LogP contribution in [0.1, 0.15) is 34.7 Å². The summed E-state index contributed by atoms with van der Waals surface area (Å²) in [6, 6.07) is 20.2. The normalized spacial score (nSPS) is 17.8. The number of anilines is 1. The summed E-state index contributed by atoms with van der Waals surface area (Å²) >= 11 is 18.7. The number of nitrogens with zero attached hydrogens (tertiary/aromatic N) is 3. The summed E-state index contributed by atoms with van der Waals surface area (Å²) in [6.07, 6.45) is 1.77. The number of phenolic OH excluding ortho intramolecular Hbond substituents is 1. The Kier molecular flexibility index (Phi) is 5.98. The van der Waals surface area contributed by atoms with Gasteiger partial charge in [0.15, 0.2) is 5.11 Å². The summed E-state index contributed by atoms with van der Waals surface area (Å²) in [5.41, 5.74) is 5.39. The minimum atomic E-state index is -0.283. The van der Waals surface area contributed by atoms with E-state index in [1.807, 2.05) is 47.4 Å². The third-order valence-corrected chi connectivity index (χ3v) is 7.05. The number of aromatic hydroxyl groups is 1. The number of para-hydroxylation sites is 1. The second-order valence-corrected chi connectivity index (χ2v) is 9.47. The van der Waals surface area contributed by atoms with Gasteiger partial charge in [0.25, 0.3) is 0 Å². The van der Waals surface area contributed by atoms with Gasteiger partial charge in [0.2, 0.25) is 0 Å². The molecule has 4 aromatic rings. The van der Waals surface area contributed by atoms with Crippen LogP contribution in [-0.4, -0.2) is 19.8 Å². The molecule has 0 radical (unpaired) electrons. The predicted octanol–water partition coefficient (Wildman–Crippen LogP) is 6.68. The number of halogens is 2. The van der Waals surface area contributed by atoms with Gasteiger partial charge in [-0.25, -0.2) is 0 Å². The van der Waals surface area contributed by atoms with Crippen LogP contribution in [0.3, 0.4) is 0 Å². The van der Waals surface area contributed by atoms with Gasteiger partial charge >= 0.3 is 0 Å². The molecule has 1 saturated heterocycles. The molecule has 0 bridgehead atoms. The molecule has 2 atom stereocenters. The Balaban J connectivity index is 1.72. The quantitative estimate of drug-likeness (QED) is 0.301. The van der Waals surface area contributed by atoms with Crippen molar-refractivity contribution in [2.24, 2.45) is 0 Å². The summed E-state index contributed by atoms with van der Waals surface area (Å²) < 4.78 is 2.14. The lowest BCUT2D eigenvalue weighted by atomic mass is 9.96. The van der Waals surface area contributed by atoms with E-state index in [1.165, 1.54) is 0 Å². The van der Waals surface area contributed by atoms with Gasteiger partial charge in [0.05, 0.1) is 34.2 Å². The van der Waals surface area contributed by atoms with Crippen LogP contribution >= 0.6 is 35.4 Å². The Labute approximate surface area is 213 Å². The molecule has 0 amide bonds. The molecule has 3 heterocycles. The Morgan fingerprint density at radius 3 is 2.47 bits per heavy atom. The fourth-order valence-electron chi connectivity index (χ4n) is 4.71. The van der Waals surface area contributed by atoms with Gasteiger partial charge in [-0.1, -0.05) is 41.4 Å². The van der Waals surface area contributed by atoms with Crippen LogP contribution in [0.2, 0.25) is 10.0 Å². The number of rotatable bonds is 4. The number of aromatic nitrogens is 2. The van der Waals surface area contributed by atoms with E-state index in [0.29, 0.717) is 20.8 Å². The third kappa shape index (κ3) is 3.82. The summed E-state index contributed by atoms with van der Waals surface area (Å²) in [7, 11) is 0. The van der Waals surface area contributed by atoms with E-state index in [4.69, 9.17) is 35.4 Å². The number of benzene rings is 2. The van der Waals surface area contributed by atoms with E-state index in [9.17, 15) is 5.11 Å². The minimum absolute atomic E-state index is 0.0973. The Bertz CT molecular complexity index is 1390. The van der Waals surface area contributed by atoms with Gasteiger partial charge in [0.1, 0.15) is 5.75 Å². The first-order valence-corrected chi connectivity index (χ1v) is 12.0. The number of thiocarbonyl (C=S) groups is 1. The monoisotopic (exact) mass is 508 g/mol. The number of nitrogens with one attached hydrogen (secondary N) is 1. The Morgan fingerprint density at radius 1 is 0.971 bits per heavy atom. The molecule has 2 aromatic carbocycles. The zero-order valence-electron chi connectivity index (χ0n) is 18.5. The second kappa shape index (κ2) is 8.95. The molecule has 0 aliphatic carbocycles. The van der Waals surface area contributed by atoms with Crippen molar-refractivity contribution in [1.82, 2.24) is 14.9 Å². The van der Waals surface area contributed by atoms with Crippen molar-refractivity contribution in [3.05, 3.63) is 106 Å². The molecule has 8 heteroatoms. The lowest BCUT2D eigenvalue weighted by molar-refractivity contribution is 0.472. The standard InChI is InChI=1S/C26H22Cl2N4OS/c1-15-13-18(16(2)31(15)21-9-4-3-7-19(21)28)25-24(20-8-5-6-12-29-20)30-26(34)32(25)22-14-17(27)10-11-23(22)33/h3-14,24-25,33H,1-2H3,(H,30,34)/t24-,25-/m0/s1. The molecule has 5 nitrogen and oxygen atoms in total. The number of phenols is 1. The molecule has 2 aromatic heterocycles. The molecule has 5 rings (SSSR count). The highest BCUT2D eigenvalue weighted by molar-refractivity contribution is 7.80. The van der Waals surface area contributed by atoms with Crippen LogP contribution in [0.25, 0.3) is 5.69 Å². The largest absolute Gasteiger partial charge is 0.506 e. The van der Waals surface area contributed by atoms with Crippen LogP contribution in [0, 0.1) is 13.8 Å². The number of hydrogen-bond donors (Lipinski definition) is 2. The SMILES string of the molecule is Cc1cc([C@H]2[C@H](c3ccccn3)NC(=S)N2c2cc(Cl)ccc2O)c(C)n1-c1ccccc1Cl. The Morgan fingerprint density at radius 2 is 1.74 bits per heavy atom. The smallest absolute Gasteiger partial charge is 0.174 e. The first-order valence-electron chi connectivity index (χ1n) is 10.8. The van der Waals surface area contributed by atoms with Crippen molar-refractivity contribution in [3.63, 3.8) is 0 Å². The molecule has 0 unspecified atom stereocenters. The van der Waals surface area contributed by atoms with Crippen molar-refractivity contribution in [2.45, 2.75) is 25.9 Å². The lowest BCUT2D eigenvalue weighted by Gasteiger charge is -2.28. The number of aryl methyl sites for hydroxylation is 1. The summed E-state index contributed by atoms with van der Waals surface area (Å²) in [6.45, 7) is 4.12. The summed E-state index contributed by atoms with van der Waals surface area (Å²) in [4.78, 5) is 6.53. The number of pyridine rings is 1. The van der Waals surface area contributed by atoms with Crippen LogP contribution < -0.4 is 10.2 Å². The van der Waals surface area contributed by atoms with Crippen molar-refractivity contribution < 1.29 is 5.11 Å². The average molecular weight is 509 g/mol. The zero-order chi connectivity index (χ0) is 24.0. The lowest BCUT2D eigenvalue weighted by Crippen LogP contribution is -2.29. The average Bonchev–Trinajstić information content (AvgIpc) is 3.32. The van der Waals surface area contributed by atoms with E-state index in [1.54, 1.807) is 24.4 Å². The molecular weight excluding hydrogens is 487 g/mol. The van der Waals surface area contributed by atoms with Crippen molar-refractivity contribution >= 4 is 46.2 Å². The molecule has 1 aliphatic heterocycles. The fourth-order valence-corrected chi connectivity index (χ4v) is 5.44. The first-order chi connectivity index (χ1) is 16.4. The highest BCUT2D eigenvalue weighted by Crippen LogP contribution is 2.46. The van der Waals surface area contributed by atoms with Crippen LogP contribution in [0.5, 0.6) is 5.75 Å². The van der Waals surface area contributed by atoms with Crippen molar-refractivity contribution in [1.29, 1.82) is 0 Å². The van der Waals surface area contributed by atoms with Crippen molar-refractivity contribution in [2.75, 3.05) is 4.90 Å². The van der Waals surface area contributed by atoms with E-state index >= 15 is 0 Å². The van der Waals surface area contributed by atoms with Gasteiger partial charge in [-0.2, -0.15) is 0 Å². The van der Waals surface area contributed by atoms with E-state index in [2.05, 4.69) is 34.8 Å². The maximum atomic E-state index is 10.8. The second-order valence-electron chi connectivity index (χ2n) is 8.24. The summed E-state index contributed by atoms with van der Waals surface area (Å²) in [5, 5.41) is 15.8. The molecular formula is C26H22Cl2N4OS. The topological polar surface area (TPSA) is 53.3 Å². The highest BCUT2D eigenvalue weighted by atomic mass is 35.5. The zero-order valence-corrected chi connectivity index (χ0v) is 20.9. The number of hydrogen-bond acceptors (Lipinski definition) is 3. The van der Waals surface area contributed by atoms with Crippen molar-refractivity contribution in [3.8, 4) is 11.4 Å².